The summed E-state index contributed by atoms with van der Waals surface area (Å²) >= 11 is 0. The van der Waals surface area contributed by atoms with Crippen molar-refractivity contribution in [2.24, 2.45) is 5.73 Å². The van der Waals surface area contributed by atoms with Gasteiger partial charge in [-0.2, -0.15) is 5.26 Å². The Bertz CT molecular complexity index is 967. The minimum atomic E-state index is -0.629. The van der Waals surface area contributed by atoms with Crippen molar-refractivity contribution in [3.63, 3.8) is 0 Å². The molecule has 0 saturated heterocycles. The average Bonchev–Trinajstić information content (AvgIpc) is 2.60. The third-order valence-electron chi connectivity index (χ3n) is 4.46. The number of rotatable bonds is 3. The first-order valence-corrected chi connectivity index (χ1v) is 7.98. The van der Waals surface area contributed by atoms with Crippen molar-refractivity contribution in [2.45, 2.75) is 26.3 Å². The van der Waals surface area contributed by atoms with Crippen molar-refractivity contribution in [3.05, 3.63) is 69.0 Å². The molecule has 0 spiro atoms. The van der Waals surface area contributed by atoms with Gasteiger partial charge in [0.2, 0.25) is 5.88 Å². The molecular formula is C19H19N3O3. The first-order chi connectivity index (χ1) is 12.0. The van der Waals surface area contributed by atoms with E-state index in [2.05, 4.69) is 6.07 Å². The molecule has 1 aromatic carbocycles. The molecule has 0 aliphatic carbocycles. The molecule has 6 nitrogen and oxygen atoms in total. The van der Waals surface area contributed by atoms with E-state index in [1.165, 1.54) is 0 Å². The first kappa shape index (κ1) is 16.7. The molecule has 128 valence electrons. The molecule has 1 aromatic heterocycles. The number of nitrogens with two attached hydrogens (primary N) is 1. The highest BCUT2D eigenvalue weighted by Gasteiger charge is 2.35. The number of para-hydroxylation sites is 1. The molecule has 0 unspecified atom stereocenters. The Balaban J connectivity index is 2.38. The smallest absolute Gasteiger partial charge is 0.258 e. The lowest BCUT2D eigenvalue weighted by Gasteiger charge is -2.28. The number of ether oxygens (including phenoxy) is 2. The molecule has 1 aliphatic heterocycles. The van der Waals surface area contributed by atoms with Crippen LogP contribution in [0.2, 0.25) is 0 Å². The number of pyridine rings is 1. The van der Waals surface area contributed by atoms with Gasteiger partial charge in [0.05, 0.1) is 18.6 Å². The van der Waals surface area contributed by atoms with E-state index < -0.39 is 5.92 Å². The van der Waals surface area contributed by atoms with Gasteiger partial charge in [-0.1, -0.05) is 18.2 Å². The number of allylic oxidation sites excluding steroid dienone is 1. The zero-order valence-corrected chi connectivity index (χ0v) is 14.4. The zero-order chi connectivity index (χ0) is 18.1. The summed E-state index contributed by atoms with van der Waals surface area (Å²) < 4.78 is 12.7. The van der Waals surface area contributed by atoms with Crippen LogP contribution in [0.15, 0.2) is 46.6 Å². The Kier molecular flexibility index (Phi) is 4.24. The predicted octanol–water partition coefficient (Wildman–Crippen LogP) is 2.40. The molecule has 1 atom stereocenters. The van der Waals surface area contributed by atoms with Gasteiger partial charge in [0.1, 0.15) is 23.1 Å². The summed E-state index contributed by atoms with van der Waals surface area (Å²) in [5.74, 6) is 0.360. The molecule has 0 amide bonds. The fourth-order valence-corrected chi connectivity index (χ4v) is 3.30. The molecule has 2 heterocycles. The largest absolute Gasteiger partial charge is 0.496 e. The SMILES string of the molecule is CCn1c(C)cc2c(c1=O)[C@@H](c1ccccc1OC)C(C#N)=C(N)O2. The molecule has 2 N–H and O–H groups in total. The number of aryl methyl sites for hydroxylation is 1. The number of nitrogens with zero attached hydrogens (tertiary/aromatic N) is 2. The van der Waals surface area contributed by atoms with E-state index in [9.17, 15) is 10.1 Å². The van der Waals surface area contributed by atoms with Crippen LogP contribution in [0.1, 0.15) is 29.7 Å². The molecule has 6 heteroatoms. The highest BCUT2D eigenvalue weighted by molar-refractivity contribution is 5.58. The van der Waals surface area contributed by atoms with Crippen LogP contribution in [0.3, 0.4) is 0 Å². The highest BCUT2D eigenvalue weighted by Crippen LogP contribution is 2.43. The van der Waals surface area contributed by atoms with E-state index in [4.69, 9.17) is 15.2 Å². The van der Waals surface area contributed by atoms with Crippen LogP contribution in [0, 0.1) is 18.3 Å². The van der Waals surface area contributed by atoms with Crippen molar-refractivity contribution in [1.82, 2.24) is 4.57 Å². The predicted molar refractivity (Wildman–Crippen MR) is 93.4 cm³/mol. The first-order valence-electron chi connectivity index (χ1n) is 7.98. The molecule has 3 rings (SSSR count). The van der Waals surface area contributed by atoms with Crippen molar-refractivity contribution >= 4 is 0 Å². The maximum absolute atomic E-state index is 13.1. The average molecular weight is 337 g/mol. The maximum atomic E-state index is 13.1. The van der Waals surface area contributed by atoms with Crippen LogP contribution in [0.5, 0.6) is 11.5 Å². The van der Waals surface area contributed by atoms with Crippen LogP contribution in [-0.2, 0) is 6.54 Å². The van der Waals surface area contributed by atoms with Gasteiger partial charge in [-0.25, -0.2) is 0 Å². The zero-order valence-electron chi connectivity index (χ0n) is 14.4. The Morgan fingerprint density at radius 3 is 2.76 bits per heavy atom. The van der Waals surface area contributed by atoms with Gasteiger partial charge in [-0.05, 0) is 19.9 Å². The van der Waals surface area contributed by atoms with Gasteiger partial charge >= 0.3 is 0 Å². The Hall–Kier alpha value is -3.20. The molecule has 0 radical (unpaired) electrons. The molecular weight excluding hydrogens is 318 g/mol. The van der Waals surface area contributed by atoms with E-state index in [0.717, 1.165) is 5.69 Å². The standard InChI is InChI=1S/C19H19N3O3/c1-4-22-11(2)9-15-17(19(22)23)16(13(10-20)18(21)25-15)12-7-5-6-8-14(12)24-3/h5-9,16H,4,21H2,1-3H3/t16-/m0/s1. The van der Waals surface area contributed by atoms with Crippen LogP contribution >= 0.6 is 0 Å². The number of fused-ring (bicyclic) bond motifs is 1. The summed E-state index contributed by atoms with van der Waals surface area (Å²) in [6, 6.07) is 11.2. The van der Waals surface area contributed by atoms with Crippen molar-refractivity contribution in [1.29, 1.82) is 5.26 Å². The van der Waals surface area contributed by atoms with Gasteiger partial charge in [0, 0.05) is 23.9 Å². The van der Waals surface area contributed by atoms with E-state index >= 15 is 0 Å². The summed E-state index contributed by atoms with van der Waals surface area (Å²) in [5, 5.41) is 9.64. The van der Waals surface area contributed by atoms with E-state index in [1.807, 2.05) is 32.0 Å². The lowest BCUT2D eigenvalue weighted by Crippen LogP contribution is -2.32. The van der Waals surface area contributed by atoms with Crippen molar-refractivity contribution in [3.8, 4) is 17.6 Å². The van der Waals surface area contributed by atoms with E-state index in [1.54, 1.807) is 23.8 Å². The number of nitriles is 1. The second-order valence-electron chi connectivity index (χ2n) is 5.78. The normalized spacial score (nSPS) is 16.0. The van der Waals surface area contributed by atoms with Crippen LogP contribution in [0.4, 0.5) is 0 Å². The number of methoxy groups -OCH3 is 1. The summed E-state index contributed by atoms with van der Waals surface area (Å²) in [5.41, 5.74) is 7.89. The Morgan fingerprint density at radius 2 is 2.12 bits per heavy atom. The van der Waals surface area contributed by atoms with Gasteiger partial charge in [-0.15, -0.1) is 0 Å². The Morgan fingerprint density at radius 1 is 1.40 bits per heavy atom. The fourth-order valence-electron chi connectivity index (χ4n) is 3.30. The lowest BCUT2D eigenvalue weighted by atomic mass is 9.83. The minimum absolute atomic E-state index is 0.0129. The number of aromatic nitrogens is 1. The monoisotopic (exact) mass is 337 g/mol. The summed E-state index contributed by atoms with van der Waals surface area (Å²) in [4.78, 5) is 13.1. The number of hydrogen-bond donors (Lipinski definition) is 1. The van der Waals surface area contributed by atoms with Gasteiger partial charge in [-0.3, -0.25) is 4.79 Å². The lowest BCUT2D eigenvalue weighted by molar-refractivity contribution is 0.382. The van der Waals surface area contributed by atoms with Gasteiger partial charge in [0.15, 0.2) is 0 Å². The molecule has 1 aliphatic rings. The molecule has 0 saturated carbocycles. The van der Waals surface area contributed by atoms with E-state index in [-0.39, 0.29) is 17.0 Å². The quantitative estimate of drug-likeness (QED) is 0.929. The maximum Gasteiger partial charge on any atom is 0.258 e. The van der Waals surface area contributed by atoms with Crippen LogP contribution < -0.4 is 20.8 Å². The molecule has 2 aromatic rings. The fraction of sp³-hybridized carbons (Fsp3) is 0.263. The minimum Gasteiger partial charge on any atom is -0.496 e. The van der Waals surface area contributed by atoms with E-state index in [0.29, 0.717) is 29.2 Å². The summed E-state index contributed by atoms with van der Waals surface area (Å²) in [6.07, 6.45) is 0. The van der Waals surface area contributed by atoms with Crippen LogP contribution in [0.25, 0.3) is 0 Å². The summed E-state index contributed by atoms with van der Waals surface area (Å²) in [6.45, 7) is 4.27. The summed E-state index contributed by atoms with van der Waals surface area (Å²) in [7, 11) is 1.55. The third-order valence-corrected chi connectivity index (χ3v) is 4.46. The molecule has 0 fully saturated rings. The third kappa shape index (κ3) is 2.54. The molecule has 25 heavy (non-hydrogen) atoms. The van der Waals surface area contributed by atoms with Gasteiger partial charge in [0.25, 0.3) is 5.56 Å². The number of benzene rings is 1. The second kappa shape index (κ2) is 6.36. The van der Waals surface area contributed by atoms with Crippen molar-refractivity contribution in [2.75, 3.05) is 7.11 Å². The van der Waals surface area contributed by atoms with Crippen LogP contribution in [-0.4, -0.2) is 11.7 Å². The van der Waals surface area contributed by atoms with Crippen molar-refractivity contribution < 1.29 is 9.47 Å². The Labute approximate surface area is 145 Å². The highest BCUT2D eigenvalue weighted by atomic mass is 16.5. The number of hydrogen-bond acceptors (Lipinski definition) is 5. The second-order valence-corrected chi connectivity index (χ2v) is 5.78. The topological polar surface area (TPSA) is 90.3 Å². The van der Waals surface area contributed by atoms with Gasteiger partial charge < -0.3 is 19.8 Å². The molecule has 0 bridgehead atoms.